The lowest BCUT2D eigenvalue weighted by atomic mass is 10.1. The third-order valence-corrected chi connectivity index (χ3v) is 5.14. The van der Waals surface area contributed by atoms with E-state index in [2.05, 4.69) is 20.0 Å². The van der Waals surface area contributed by atoms with Crippen molar-refractivity contribution in [2.24, 2.45) is 0 Å². The number of likely N-dealkylation sites (tertiary alicyclic amines) is 1. The van der Waals surface area contributed by atoms with E-state index in [0.29, 0.717) is 23.9 Å². The molecule has 0 bridgehead atoms. The highest BCUT2D eigenvalue weighted by atomic mass is 16.8. The number of pyridine rings is 1. The molecule has 1 unspecified atom stereocenters. The maximum atomic E-state index is 11.0. The normalized spacial score (nSPS) is 18.1. The SMILES string of the molecule is CN(C)c1ccc(-c2noc([C@@H]3CCCN3Cc3ccc([NH+]([O-])O)cc3)n2)cn1. The Morgan fingerprint density at radius 2 is 2.03 bits per heavy atom. The summed E-state index contributed by atoms with van der Waals surface area (Å²) in [5.41, 5.74) is 2.17. The molecule has 4 rings (SSSR count). The molecule has 0 spiro atoms. The van der Waals surface area contributed by atoms with Gasteiger partial charge in [-0.25, -0.2) is 10.2 Å². The molecule has 3 aromatic rings. The second-order valence-electron chi connectivity index (χ2n) is 7.39. The van der Waals surface area contributed by atoms with Gasteiger partial charge in [0.15, 0.2) is 5.69 Å². The molecule has 0 amide bonds. The molecule has 1 aromatic carbocycles. The minimum absolute atomic E-state index is 0.0596. The molecule has 9 nitrogen and oxygen atoms in total. The van der Waals surface area contributed by atoms with E-state index in [9.17, 15) is 5.21 Å². The van der Waals surface area contributed by atoms with Crippen LogP contribution in [-0.4, -0.2) is 45.9 Å². The summed E-state index contributed by atoms with van der Waals surface area (Å²) in [6.45, 7) is 1.64. The zero-order valence-corrected chi connectivity index (χ0v) is 16.4. The molecule has 0 radical (unpaired) electrons. The largest absolute Gasteiger partial charge is 0.595 e. The highest BCUT2D eigenvalue weighted by molar-refractivity contribution is 5.55. The molecule has 1 aliphatic rings. The number of aromatic nitrogens is 3. The number of nitrogens with one attached hydrogen (secondary N) is 1. The monoisotopic (exact) mass is 396 g/mol. The summed E-state index contributed by atoms with van der Waals surface area (Å²) in [5.74, 6) is 2.01. The molecule has 9 heteroatoms. The molecule has 2 N–H and O–H groups in total. The highest BCUT2D eigenvalue weighted by Crippen LogP contribution is 2.33. The fourth-order valence-corrected chi connectivity index (χ4v) is 3.55. The number of benzene rings is 1. The quantitative estimate of drug-likeness (QED) is 0.609. The number of rotatable bonds is 6. The van der Waals surface area contributed by atoms with E-state index in [1.807, 2.05) is 43.3 Å². The Hall–Kier alpha value is -2.85. The summed E-state index contributed by atoms with van der Waals surface area (Å²) in [6, 6.07) is 10.9. The maximum Gasteiger partial charge on any atom is 0.244 e. The van der Waals surface area contributed by atoms with Crippen LogP contribution in [0.5, 0.6) is 0 Å². The summed E-state index contributed by atoms with van der Waals surface area (Å²) >= 11 is 0. The number of anilines is 1. The zero-order valence-electron chi connectivity index (χ0n) is 16.4. The van der Waals surface area contributed by atoms with Crippen LogP contribution in [0, 0.1) is 5.21 Å². The van der Waals surface area contributed by atoms with Gasteiger partial charge in [0.25, 0.3) is 0 Å². The van der Waals surface area contributed by atoms with E-state index in [-0.39, 0.29) is 6.04 Å². The van der Waals surface area contributed by atoms with Crippen LogP contribution in [0.4, 0.5) is 11.5 Å². The van der Waals surface area contributed by atoms with Crippen molar-refractivity contribution >= 4 is 11.5 Å². The molecule has 1 fully saturated rings. The van der Waals surface area contributed by atoms with Crippen molar-refractivity contribution < 1.29 is 15.0 Å². The first-order valence-electron chi connectivity index (χ1n) is 9.55. The van der Waals surface area contributed by atoms with Gasteiger partial charge in [0.1, 0.15) is 5.82 Å². The molecular formula is C20H24N6O3. The third-order valence-electron chi connectivity index (χ3n) is 5.14. The number of hydrogen-bond acceptors (Lipinski definition) is 8. The first kappa shape index (κ1) is 19.5. The smallest absolute Gasteiger partial charge is 0.244 e. The second-order valence-corrected chi connectivity index (χ2v) is 7.39. The summed E-state index contributed by atoms with van der Waals surface area (Å²) in [6.07, 6.45) is 3.75. The van der Waals surface area contributed by atoms with Crippen LogP contribution >= 0.6 is 0 Å². The second kappa shape index (κ2) is 8.26. The highest BCUT2D eigenvalue weighted by Gasteiger charge is 2.31. The van der Waals surface area contributed by atoms with Gasteiger partial charge >= 0.3 is 0 Å². The van der Waals surface area contributed by atoms with Crippen LogP contribution < -0.4 is 10.1 Å². The first-order chi connectivity index (χ1) is 14.0. The molecule has 0 saturated carbocycles. The van der Waals surface area contributed by atoms with Crippen LogP contribution in [0.2, 0.25) is 0 Å². The number of quaternary nitrogens is 1. The Balaban J connectivity index is 1.47. The molecule has 1 aliphatic heterocycles. The standard InChI is InChI=1S/C20H24N6O3/c1-24(2)18-10-7-15(12-21-18)19-22-20(29-23-19)17-4-3-11-25(17)13-14-5-8-16(9-6-14)26(27)28/h5-10,12,17,26-27H,3-4,11,13H2,1-2H3/t17-/m0/s1. The van der Waals surface area contributed by atoms with E-state index in [1.165, 1.54) is 0 Å². The van der Waals surface area contributed by atoms with Crippen LogP contribution in [0.25, 0.3) is 11.4 Å². The Morgan fingerprint density at radius 3 is 2.69 bits per heavy atom. The van der Waals surface area contributed by atoms with Crippen molar-refractivity contribution in [3.05, 3.63) is 59.3 Å². The van der Waals surface area contributed by atoms with Crippen LogP contribution in [0.15, 0.2) is 47.1 Å². The van der Waals surface area contributed by atoms with E-state index < -0.39 is 5.23 Å². The van der Waals surface area contributed by atoms with Crippen molar-refractivity contribution in [1.82, 2.24) is 20.0 Å². The molecule has 2 atom stereocenters. The van der Waals surface area contributed by atoms with Crippen molar-refractivity contribution in [2.45, 2.75) is 25.4 Å². The maximum absolute atomic E-state index is 11.0. The molecule has 2 aromatic heterocycles. The zero-order chi connectivity index (χ0) is 20.4. The van der Waals surface area contributed by atoms with Crippen molar-refractivity contribution in [3.63, 3.8) is 0 Å². The fraction of sp³-hybridized carbons (Fsp3) is 0.350. The van der Waals surface area contributed by atoms with E-state index in [1.54, 1.807) is 18.3 Å². The Kier molecular flexibility index (Phi) is 5.54. The van der Waals surface area contributed by atoms with Crippen LogP contribution in [0.1, 0.15) is 30.3 Å². The van der Waals surface area contributed by atoms with Gasteiger partial charge in [0.2, 0.25) is 11.7 Å². The van der Waals surface area contributed by atoms with Crippen LogP contribution in [-0.2, 0) is 6.54 Å². The number of nitrogens with zero attached hydrogens (tertiary/aromatic N) is 5. The van der Waals surface area contributed by atoms with Gasteiger partial charge in [0.05, 0.1) is 6.04 Å². The Bertz CT molecular complexity index is 940. The molecular weight excluding hydrogens is 372 g/mol. The van der Waals surface area contributed by atoms with Gasteiger partial charge in [-0.05, 0) is 37.1 Å². The van der Waals surface area contributed by atoms with Gasteiger partial charge in [0, 0.05) is 44.5 Å². The van der Waals surface area contributed by atoms with E-state index >= 15 is 0 Å². The first-order valence-corrected chi connectivity index (χ1v) is 9.55. The molecule has 152 valence electrons. The molecule has 1 saturated heterocycles. The lowest BCUT2D eigenvalue weighted by Gasteiger charge is -2.21. The van der Waals surface area contributed by atoms with Crippen molar-refractivity contribution in [2.75, 3.05) is 25.5 Å². The van der Waals surface area contributed by atoms with Crippen molar-refractivity contribution in [3.8, 4) is 11.4 Å². The average Bonchev–Trinajstić information content (AvgIpc) is 3.38. The molecule has 0 aliphatic carbocycles. The number of hydrogen-bond donors (Lipinski definition) is 2. The molecule has 3 heterocycles. The Labute approximate surface area is 168 Å². The summed E-state index contributed by atoms with van der Waals surface area (Å²) < 4.78 is 5.58. The van der Waals surface area contributed by atoms with Crippen LogP contribution in [0.3, 0.4) is 0 Å². The van der Waals surface area contributed by atoms with E-state index in [0.717, 1.165) is 36.3 Å². The molecule has 29 heavy (non-hydrogen) atoms. The summed E-state index contributed by atoms with van der Waals surface area (Å²) in [5, 5.41) is 23.3. The van der Waals surface area contributed by atoms with Crippen molar-refractivity contribution in [1.29, 1.82) is 0 Å². The predicted octanol–water partition coefficient (Wildman–Crippen LogP) is 1.94. The predicted molar refractivity (Wildman–Crippen MR) is 106 cm³/mol. The van der Waals surface area contributed by atoms with Gasteiger partial charge in [-0.3, -0.25) is 4.90 Å². The summed E-state index contributed by atoms with van der Waals surface area (Å²) in [7, 11) is 3.89. The van der Waals surface area contributed by atoms with Gasteiger partial charge in [-0.15, -0.1) is 0 Å². The average molecular weight is 396 g/mol. The lowest BCUT2D eigenvalue weighted by molar-refractivity contribution is -0.991. The topological polar surface area (TPSA) is 106 Å². The summed E-state index contributed by atoms with van der Waals surface area (Å²) in [4.78, 5) is 13.2. The minimum Gasteiger partial charge on any atom is -0.595 e. The van der Waals surface area contributed by atoms with Gasteiger partial charge in [-0.2, -0.15) is 10.2 Å². The third kappa shape index (κ3) is 4.28. The minimum atomic E-state index is -0.915. The van der Waals surface area contributed by atoms with Gasteiger partial charge in [-0.1, -0.05) is 17.3 Å². The van der Waals surface area contributed by atoms with E-state index in [4.69, 9.17) is 9.73 Å². The Morgan fingerprint density at radius 1 is 1.24 bits per heavy atom. The fourth-order valence-electron chi connectivity index (χ4n) is 3.55. The lowest BCUT2D eigenvalue weighted by Crippen LogP contribution is -2.99. The van der Waals surface area contributed by atoms with Gasteiger partial charge < -0.3 is 14.6 Å².